The summed E-state index contributed by atoms with van der Waals surface area (Å²) >= 11 is 0. The fraction of sp³-hybridized carbons (Fsp3) is 0.375. The highest BCUT2D eigenvalue weighted by Gasteiger charge is 2.13. The lowest BCUT2D eigenvalue weighted by atomic mass is 9.86. The summed E-state index contributed by atoms with van der Waals surface area (Å²) in [4.78, 5) is 0. The van der Waals surface area contributed by atoms with Gasteiger partial charge in [0.05, 0.1) is 0 Å². The zero-order chi connectivity index (χ0) is 10.8. The van der Waals surface area contributed by atoms with Gasteiger partial charge in [0.25, 0.3) is 0 Å². The number of benzene rings is 1. The van der Waals surface area contributed by atoms with Crippen molar-refractivity contribution in [2.75, 3.05) is 0 Å². The summed E-state index contributed by atoms with van der Waals surface area (Å²) in [7, 11) is 0. The van der Waals surface area contributed by atoms with Crippen LogP contribution in [0.25, 0.3) is 0 Å². The van der Waals surface area contributed by atoms with Crippen LogP contribution in [-0.4, -0.2) is 0 Å². The lowest BCUT2D eigenvalue weighted by Gasteiger charge is -2.19. The van der Waals surface area contributed by atoms with Crippen LogP contribution in [0, 0.1) is 0 Å². The minimum absolute atomic E-state index is 0.609. The second-order valence-corrected chi connectivity index (χ2v) is 4.89. The fourth-order valence-electron chi connectivity index (χ4n) is 2.81. The molecule has 0 aromatic heterocycles. The Hall–Kier alpha value is -1.30. The minimum Gasteiger partial charge on any atom is -0.0836 e. The van der Waals surface area contributed by atoms with E-state index in [0.717, 1.165) is 6.42 Å². The average molecular weight is 210 g/mol. The third-order valence-electron chi connectivity index (χ3n) is 3.78. The van der Waals surface area contributed by atoms with Crippen molar-refractivity contribution in [3.63, 3.8) is 0 Å². The summed E-state index contributed by atoms with van der Waals surface area (Å²) in [6.45, 7) is 0. The largest absolute Gasteiger partial charge is 0.0836 e. The maximum atomic E-state index is 2.45. The maximum Gasteiger partial charge on any atom is 0.00558 e. The molecule has 3 rings (SSSR count). The van der Waals surface area contributed by atoms with E-state index in [1.807, 2.05) is 0 Å². The van der Waals surface area contributed by atoms with Crippen LogP contribution in [0.5, 0.6) is 0 Å². The molecule has 2 aliphatic carbocycles. The molecule has 0 radical (unpaired) electrons. The summed E-state index contributed by atoms with van der Waals surface area (Å²) in [5.74, 6) is 0.609. The van der Waals surface area contributed by atoms with Crippen LogP contribution in [0.4, 0.5) is 0 Å². The van der Waals surface area contributed by atoms with Gasteiger partial charge in [0.15, 0.2) is 0 Å². The van der Waals surface area contributed by atoms with Crippen molar-refractivity contribution in [1.82, 2.24) is 0 Å². The van der Waals surface area contributed by atoms with Gasteiger partial charge < -0.3 is 0 Å². The Bertz CT molecular complexity index is 437. The van der Waals surface area contributed by atoms with Crippen LogP contribution in [-0.2, 0) is 12.8 Å². The van der Waals surface area contributed by atoms with Gasteiger partial charge in [-0.2, -0.15) is 0 Å². The number of aryl methyl sites for hydroxylation is 2. The highest BCUT2D eigenvalue weighted by Crippen LogP contribution is 2.29. The number of allylic oxidation sites excluding steroid dienone is 4. The van der Waals surface area contributed by atoms with Gasteiger partial charge in [0.2, 0.25) is 0 Å². The van der Waals surface area contributed by atoms with Crippen LogP contribution in [0.2, 0.25) is 0 Å². The Balaban J connectivity index is 1.90. The van der Waals surface area contributed by atoms with E-state index in [1.54, 1.807) is 11.1 Å². The van der Waals surface area contributed by atoms with Gasteiger partial charge in [0.1, 0.15) is 0 Å². The predicted molar refractivity (Wildman–Crippen MR) is 68.7 cm³/mol. The Morgan fingerprint density at radius 2 is 1.81 bits per heavy atom. The molecule has 0 bridgehead atoms. The molecule has 0 saturated heterocycles. The molecule has 0 amide bonds. The Labute approximate surface area is 97.7 Å². The zero-order valence-corrected chi connectivity index (χ0v) is 9.65. The molecule has 1 aromatic carbocycles. The van der Waals surface area contributed by atoms with Crippen molar-refractivity contribution in [3.8, 4) is 0 Å². The Morgan fingerprint density at radius 1 is 0.938 bits per heavy atom. The second kappa shape index (κ2) is 4.29. The van der Waals surface area contributed by atoms with E-state index < -0.39 is 0 Å². The molecule has 16 heavy (non-hydrogen) atoms. The van der Waals surface area contributed by atoms with Gasteiger partial charge in [-0.3, -0.25) is 0 Å². The monoisotopic (exact) mass is 210 g/mol. The fourth-order valence-corrected chi connectivity index (χ4v) is 2.81. The van der Waals surface area contributed by atoms with Crippen LogP contribution in [0.1, 0.15) is 41.9 Å². The van der Waals surface area contributed by atoms with Crippen molar-refractivity contribution in [2.24, 2.45) is 0 Å². The van der Waals surface area contributed by atoms with Crippen molar-refractivity contribution in [2.45, 2.75) is 38.0 Å². The summed E-state index contributed by atoms with van der Waals surface area (Å²) in [6.07, 6.45) is 15.4. The lowest BCUT2D eigenvalue weighted by Crippen LogP contribution is -2.05. The highest BCUT2D eigenvalue weighted by molar-refractivity contribution is 5.38. The molecule has 1 aromatic rings. The first-order valence-corrected chi connectivity index (χ1v) is 6.38. The van der Waals surface area contributed by atoms with Gasteiger partial charge >= 0.3 is 0 Å². The first kappa shape index (κ1) is 9.89. The van der Waals surface area contributed by atoms with Crippen LogP contribution >= 0.6 is 0 Å². The topological polar surface area (TPSA) is 0 Å². The van der Waals surface area contributed by atoms with Gasteiger partial charge in [-0.15, -0.1) is 0 Å². The normalized spacial score (nSPS) is 23.1. The number of fused-ring (bicyclic) bond motifs is 1. The molecule has 0 nitrogen and oxygen atoms in total. The van der Waals surface area contributed by atoms with Gasteiger partial charge in [-0.1, -0.05) is 42.5 Å². The summed E-state index contributed by atoms with van der Waals surface area (Å²) in [6, 6.07) is 7.14. The highest BCUT2D eigenvalue weighted by atomic mass is 14.2. The van der Waals surface area contributed by atoms with Crippen LogP contribution in [0.15, 0.2) is 42.5 Å². The molecule has 0 spiro atoms. The second-order valence-electron chi connectivity index (χ2n) is 4.89. The first-order chi connectivity index (χ1) is 7.93. The summed E-state index contributed by atoms with van der Waals surface area (Å²) in [5.41, 5.74) is 4.69. The third-order valence-corrected chi connectivity index (χ3v) is 3.78. The van der Waals surface area contributed by atoms with Gasteiger partial charge in [-0.05, 0) is 48.8 Å². The quantitative estimate of drug-likeness (QED) is 0.652. The molecule has 0 fully saturated rings. The summed E-state index contributed by atoms with van der Waals surface area (Å²) in [5, 5.41) is 0. The van der Waals surface area contributed by atoms with Gasteiger partial charge in [0, 0.05) is 5.92 Å². The van der Waals surface area contributed by atoms with E-state index in [0.29, 0.717) is 5.92 Å². The van der Waals surface area contributed by atoms with Crippen molar-refractivity contribution in [3.05, 3.63) is 59.2 Å². The number of hydrogen-bond acceptors (Lipinski definition) is 0. The van der Waals surface area contributed by atoms with Crippen LogP contribution in [0.3, 0.4) is 0 Å². The zero-order valence-electron chi connectivity index (χ0n) is 9.65. The minimum atomic E-state index is 0.609. The molecule has 0 saturated carbocycles. The van der Waals surface area contributed by atoms with E-state index in [4.69, 9.17) is 0 Å². The average Bonchev–Trinajstić information content (AvgIpc) is 2.39. The van der Waals surface area contributed by atoms with Crippen LogP contribution < -0.4 is 0 Å². The number of hydrogen-bond donors (Lipinski definition) is 0. The SMILES string of the molecule is C1=CCC(c2ccc3c(c2)CCCC3)C=C1. The smallest absolute Gasteiger partial charge is 0.00558 e. The molecule has 1 unspecified atom stereocenters. The van der Waals surface area contributed by atoms with E-state index in [-0.39, 0.29) is 0 Å². The van der Waals surface area contributed by atoms with Crippen molar-refractivity contribution < 1.29 is 0 Å². The van der Waals surface area contributed by atoms with Crippen molar-refractivity contribution >= 4 is 0 Å². The third kappa shape index (κ3) is 1.84. The molecule has 82 valence electrons. The first-order valence-electron chi connectivity index (χ1n) is 6.38. The van der Waals surface area contributed by atoms with E-state index in [9.17, 15) is 0 Å². The Morgan fingerprint density at radius 3 is 2.62 bits per heavy atom. The molecule has 0 N–H and O–H groups in total. The molecule has 1 atom stereocenters. The van der Waals surface area contributed by atoms with Crippen molar-refractivity contribution in [1.29, 1.82) is 0 Å². The lowest BCUT2D eigenvalue weighted by molar-refractivity contribution is 0.682. The standard InChI is InChI=1S/C16H18/c1-2-6-13(7-3-1)16-11-10-14-8-4-5-9-15(14)12-16/h1-3,6,10-13H,4-5,7-9H2. The molecule has 0 aliphatic heterocycles. The number of rotatable bonds is 1. The summed E-state index contributed by atoms with van der Waals surface area (Å²) < 4.78 is 0. The van der Waals surface area contributed by atoms with E-state index in [2.05, 4.69) is 42.5 Å². The Kier molecular flexibility index (Phi) is 2.65. The molecule has 0 heteroatoms. The molecular weight excluding hydrogens is 192 g/mol. The molecular formula is C16H18. The predicted octanol–water partition coefficient (Wildman–Crippen LogP) is 4.17. The van der Waals surface area contributed by atoms with Gasteiger partial charge in [-0.25, -0.2) is 0 Å². The van der Waals surface area contributed by atoms with E-state index >= 15 is 0 Å². The molecule has 2 aliphatic rings. The molecule has 0 heterocycles. The van der Waals surface area contributed by atoms with E-state index in [1.165, 1.54) is 31.2 Å². The maximum absolute atomic E-state index is 2.45.